The van der Waals surface area contributed by atoms with E-state index in [2.05, 4.69) is 5.32 Å². The highest BCUT2D eigenvalue weighted by molar-refractivity contribution is 7.99. The lowest BCUT2D eigenvalue weighted by Crippen LogP contribution is -2.44. The minimum Gasteiger partial charge on any atom is -0.481 e. The van der Waals surface area contributed by atoms with Gasteiger partial charge in [0.25, 0.3) is 0 Å². The van der Waals surface area contributed by atoms with Crippen molar-refractivity contribution in [2.45, 2.75) is 19.3 Å². The number of hydrogen-bond donors (Lipinski definition) is 2. The van der Waals surface area contributed by atoms with Gasteiger partial charge >= 0.3 is 5.97 Å². The highest BCUT2D eigenvalue weighted by atomic mass is 32.2. The molecule has 0 aromatic carbocycles. The number of thioether (sulfide) groups is 1. The molecule has 5 nitrogen and oxygen atoms in total. The second kappa shape index (κ2) is 7.14. The van der Waals surface area contributed by atoms with Gasteiger partial charge < -0.3 is 15.3 Å². The number of rotatable bonds is 5. The molecule has 0 bridgehead atoms. The van der Waals surface area contributed by atoms with Gasteiger partial charge in [-0.05, 0) is 43.2 Å². The first-order chi connectivity index (χ1) is 9.16. The van der Waals surface area contributed by atoms with Gasteiger partial charge in [-0.1, -0.05) is 0 Å². The summed E-state index contributed by atoms with van der Waals surface area (Å²) in [5.74, 6) is 2.25. The Bertz CT molecular complexity index is 324. The molecule has 1 atom stereocenters. The second-order valence-electron chi connectivity index (χ2n) is 5.35. The van der Waals surface area contributed by atoms with Crippen molar-refractivity contribution in [2.24, 2.45) is 11.8 Å². The van der Waals surface area contributed by atoms with Crippen LogP contribution in [0.3, 0.4) is 0 Å². The van der Waals surface area contributed by atoms with Crippen LogP contribution in [0.1, 0.15) is 19.3 Å². The number of carbonyl (C=O) groups is 2. The SMILES string of the molecule is O=C(O)C1CCN(C(=O)CNCC2CCSC2)CC1. The molecule has 0 aromatic rings. The monoisotopic (exact) mass is 286 g/mol. The van der Waals surface area contributed by atoms with Crippen LogP contribution in [0.2, 0.25) is 0 Å². The quantitative estimate of drug-likeness (QED) is 0.777. The fourth-order valence-electron chi connectivity index (χ4n) is 2.62. The first kappa shape index (κ1) is 14.7. The highest BCUT2D eigenvalue weighted by Crippen LogP contribution is 2.22. The number of amides is 1. The third-order valence-corrected chi connectivity index (χ3v) is 5.16. The predicted molar refractivity (Wildman–Crippen MR) is 75.2 cm³/mol. The van der Waals surface area contributed by atoms with Crippen LogP contribution in [-0.4, -0.2) is 59.6 Å². The molecule has 19 heavy (non-hydrogen) atoms. The summed E-state index contributed by atoms with van der Waals surface area (Å²) in [6, 6.07) is 0. The number of hydrogen-bond acceptors (Lipinski definition) is 4. The first-order valence-electron chi connectivity index (χ1n) is 6.96. The molecule has 0 aliphatic carbocycles. The summed E-state index contributed by atoms with van der Waals surface area (Å²) in [5.41, 5.74) is 0. The maximum Gasteiger partial charge on any atom is 0.306 e. The van der Waals surface area contributed by atoms with Crippen molar-refractivity contribution in [3.05, 3.63) is 0 Å². The number of piperidine rings is 1. The van der Waals surface area contributed by atoms with E-state index in [9.17, 15) is 9.59 Å². The average molecular weight is 286 g/mol. The Hall–Kier alpha value is -0.750. The maximum atomic E-state index is 12.0. The minimum absolute atomic E-state index is 0.106. The van der Waals surface area contributed by atoms with E-state index >= 15 is 0 Å². The van der Waals surface area contributed by atoms with E-state index in [1.807, 2.05) is 11.8 Å². The standard InChI is InChI=1S/C13H22N2O3S/c16-12(8-14-7-10-3-6-19-9-10)15-4-1-11(2-5-15)13(17)18/h10-11,14H,1-9H2,(H,17,18). The molecule has 1 unspecified atom stereocenters. The largest absolute Gasteiger partial charge is 0.481 e. The van der Waals surface area contributed by atoms with Gasteiger partial charge in [0.2, 0.25) is 5.91 Å². The van der Waals surface area contributed by atoms with Crippen molar-refractivity contribution in [3.8, 4) is 0 Å². The molecular formula is C13H22N2O3S. The zero-order chi connectivity index (χ0) is 13.7. The van der Waals surface area contributed by atoms with Crippen LogP contribution in [0.4, 0.5) is 0 Å². The van der Waals surface area contributed by atoms with Crippen molar-refractivity contribution in [2.75, 3.05) is 37.7 Å². The van der Waals surface area contributed by atoms with E-state index < -0.39 is 5.97 Å². The predicted octanol–water partition coefficient (Wildman–Crippen LogP) is 0.652. The third-order valence-electron chi connectivity index (χ3n) is 3.93. The van der Waals surface area contributed by atoms with Crippen LogP contribution in [0.15, 0.2) is 0 Å². The molecule has 0 saturated carbocycles. The van der Waals surface area contributed by atoms with Gasteiger partial charge in [-0.15, -0.1) is 0 Å². The number of nitrogens with zero attached hydrogens (tertiary/aromatic N) is 1. The number of carboxylic acids is 1. The van der Waals surface area contributed by atoms with Gasteiger partial charge in [0, 0.05) is 13.1 Å². The molecular weight excluding hydrogens is 264 g/mol. The van der Waals surface area contributed by atoms with Crippen LogP contribution in [0.5, 0.6) is 0 Å². The topological polar surface area (TPSA) is 69.6 Å². The Labute approximate surface area is 118 Å². The molecule has 0 aromatic heterocycles. The van der Waals surface area contributed by atoms with E-state index in [1.54, 1.807) is 4.90 Å². The molecule has 2 saturated heterocycles. The van der Waals surface area contributed by atoms with Gasteiger partial charge in [-0.25, -0.2) is 0 Å². The lowest BCUT2D eigenvalue weighted by molar-refractivity contribution is -0.145. The lowest BCUT2D eigenvalue weighted by atomic mass is 9.97. The van der Waals surface area contributed by atoms with E-state index in [4.69, 9.17) is 5.11 Å². The number of nitrogens with one attached hydrogen (secondary N) is 1. The molecule has 0 spiro atoms. The Morgan fingerprint density at radius 3 is 2.58 bits per heavy atom. The summed E-state index contributed by atoms with van der Waals surface area (Å²) in [7, 11) is 0. The molecule has 2 heterocycles. The summed E-state index contributed by atoms with van der Waals surface area (Å²) in [6.45, 7) is 2.47. The number of likely N-dealkylation sites (tertiary alicyclic amines) is 1. The zero-order valence-corrected chi connectivity index (χ0v) is 12.0. The van der Waals surface area contributed by atoms with Crippen molar-refractivity contribution >= 4 is 23.6 Å². The Morgan fingerprint density at radius 1 is 1.26 bits per heavy atom. The molecule has 2 aliphatic heterocycles. The molecule has 0 radical (unpaired) electrons. The number of aliphatic carboxylic acids is 1. The fourth-order valence-corrected chi connectivity index (χ4v) is 3.90. The Kier molecular flexibility index (Phi) is 5.51. The fraction of sp³-hybridized carbons (Fsp3) is 0.846. The maximum absolute atomic E-state index is 12.0. The van der Waals surface area contributed by atoms with Crippen LogP contribution < -0.4 is 5.32 Å². The van der Waals surface area contributed by atoms with E-state index in [0.29, 0.717) is 38.4 Å². The van der Waals surface area contributed by atoms with Crippen molar-refractivity contribution in [1.29, 1.82) is 0 Å². The summed E-state index contributed by atoms with van der Waals surface area (Å²) in [5, 5.41) is 12.1. The Morgan fingerprint density at radius 2 is 2.00 bits per heavy atom. The van der Waals surface area contributed by atoms with Crippen LogP contribution in [0, 0.1) is 11.8 Å². The summed E-state index contributed by atoms with van der Waals surface area (Å²) < 4.78 is 0. The van der Waals surface area contributed by atoms with Crippen molar-refractivity contribution in [1.82, 2.24) is 10.2 Å². The highest BCUT2D eigenvalue weighted by Gasteiger charge is 2.26. The lowest BCUT2D eigenvalue weighted by Gasteiger charge is -2.30. The van der Waals surface area contributed by atoms with E-state index in [1.165, 1.54) is 17.9 Å². The summed E-state index contributed by atoms with van der Waals surface area (Å²) in [4.78, 5) is 24.6. The zero-order valence-electron chi connectivity index (χ0n) is 11.1. The van der Waals surface area contributed by atoms with E-state index in [-0.39, 0.29) is 11.8 Å². The molecule has 1 amide bonds. The molecule has 2 N–H and O–H groups in total. The van der Waals surface area contributed by atoms with Crippen LogP contribution in [0.25, 0.3) is 0 Å². The van der Waals surface area contributed by atoms with Gasteiger partial charge in [0.1, 0.15) is 0 Å². The molecule has 2 aliphatic rings. The molecule has 2 fully saturated rings. The second-order valence-corrected chi connectivity index (χ2v) is 6.50. The van der Waals surface area contributed by atoms with Crippen LogP contribution in [-0.2, 0) is 9.59 Å². The summed E-state index contributed by atoms with van der Waals surface area (Å²) in [6.07, 6.45) is 2.41. The molecule has 108 valence electrons. The Balaban J connectivity index is 1.62. The van der Waals surface area contributed by atoms with Gasteiger partial charge in [-0.2, -0.15) is 11.8 Å². The summed E-state index contributed by atoms with van der Waals surface area (Å²) >= 11 is 1.98. The molecule has 2 rings (SSSR count). The smallest absolute Gasteiger partial charge is 0.306 e. The van der Waals surface area contributed by atoms with Gasteiger partial charge in [0.05, 0.1) is 12.5 Å². The first-order valence-corrected chi connectivity index (χ1v) is 8.11. The third kappa shape index (κ3) is 4.38. The van der Waals surface area contributed by atoms with Crippen LogP contribution >= 0.6 is 11.8 Å². The molecule has 6 heteroatoms. The average Bonchev–Trinajstić information content (AvgIpc) is 2.92. The van der Waals surface area contributed by atoms with Crippen molar-refractivity contribution < 1.29 is 14.7 Å². The van der Waals surface area contributed by atoms with Crippen molar-refractivity contribution in [3.63, 3.8) is 0 Å². The minimum atomic E-state index is -0.732. The normalized spacial score (nSPS) is 24.6. The number of carboxylic acid groups (broad SMARTS) is 1. The van der Waals surface area contributed by atoms with E-state index in [0.717, 1.165) is 6.54 Å². The number of carbonyl (C=O) groups excluding carboxylic acids is 1. The van der Waals surface area contributed by atoms with Gasteiger partial charge in [0.15, 0.2) is 0 Å². The van der Waals surface area contributed by atoms with Gasteiger partial charge in [-0.3, -0.25) is 9.59 Å².